The van der Waals surface area contributed by atoms with Crippen LogP contribution in [0.15, 0.2) is 42.7 Å². The van der Waals surface area contributed by atoms with Crippen LogP contribution < -0.4 is 5.32 Å². The number of aromatic nitrogens is 3. The van der Waals surface area contributed by atoms with Crippen LogP contribution in [0, 0.1) is 0 Å². The lowest BCUT2D eigenvalue weighted by Crippen LogP contribution is -2.12. The zero-order valence-corrected chi connectivity index (χ0v) is 13.5. The van der Waals surface area contributed by atoms with Crippen LogP contribution in [-0.2, 0) is 13.5 Å². The fourth-order valence-electron chi connectivity index (χ4n) is 2.70. The molecule has 23 heavy (non-hydrogen) atoms. The van der Waals surface area contributed by atoms with Crippen molar-refractivity contribution in [1.29, 1.82) is 0 Å². The first kappa shape index (κ1) is 15.5. The van der Waals surface area contributed by atoms with Crippen molar-refractivity contribution in [2.24, 2.45) is 7.05 Å². The molecule has 2 heterocycles. The molecule has 1 aromatic carbocycles. The summed E-state index contributed by atoms with van der Waals surface area (Å²) in [6.07, 6.45) is 4.94. The molecule has 0 aliphatic heterocycles. The molecule has 0 bridgehead atoms. The Morgan fingerprint density at radius 3 is 2.87 bits per heavy atom. The van der Waals surface area contributed by atoms with E-state index in [4.69, 9.17) is 4.98 Å². The molecule has 5 heteroatoms. The molecule has 120 valence electrons. The van der Waals surface area contributed by atoms with Crippen molar-refractivity contribution in [1.82, 2.24) is 14.8 Å². The van der Waals surface area contributed by atoms with Crippen LogP contribution in [0.4, 0.5) is 5.69 Å². The summed E-state index contributed by atoms with van der Waals surface area (Å²) in [7, 11) is 1.84. The standard InChI is InChI=1S/C18H22N4O/c1-3-6-14-9-17(15-7-4-5-8-16(15)21-14)19-11-18(23)13-10-20-22(2)12-13/h4-5,7-10,12,18,23H,3,6,11H2,1-2H3,(H,19,21). The normalized spacial score (nSPS) is 12.5. The van der Waals surface area contributed by atoms with Gasteiger partial charge in [0.05, 0.1) is 17.8 Å². The van der Waals surface area contributed by atoms with E-state index in [1.807, 2.05) is 31.4 Å². The van der Waals surface area contributed by atoms with Crippen molar-refractivity contribution in [2.75, 3.05) is 11.9 Å². The van der Waals surface area contributed by atoms with Crippen molar-refractivity contribution >= 4 is 16.6 Å². The Morgan fingerprint density at radius 1 is 1.30 bits per heavy atom. The van der Waals surface area contributed by atoms with Gasteiger partial charge in [-0.25, -0.2) is 0 Å². The average molecular weight is 310 g/mol. The van der Waals surface area contributed by atoms with Crippen LogP contribution in [0.2, 0.25) is 0 Å². The number of aliphatic hydroxyl groups excluding tert-OH is 1. The fraction of sp³-hybridized carbons (Fsp3) is 0.333. The van der Waals surface area contributed by atoms with E-state index in [2.05, 4.69) is 29.5 Å². The lowest BCUT2D eigenvalue weighted by molar-refractivity contribution is 0.191. The highest BCUT2D eigenvalue weighted by atomic mass is 16.3. The van der Waals surface area contributed by atoms with Crippen LogP contribution >= 0.6 is 0 Å². The minimum Gasteiger partial charge on any atom is -0.386 e. The molecule has 0 aliphatic carbocycles. The third-order valence-corrected chi connectivity index (χ3v) is 3.87. The van der Waals surface area contributed by atoms with Crippen molar-refractivity contribution in [3.05, 3.63) is 54.0 Å². The number of anilines is 1. The average Bonchev–Trinajstić information content (AvgIpc) is 2.99. The maximum Gasteiger partial charge on any atom is 0.0992 e. The maximum absolute atomic E-state index is 10.3. The first-order valence-electron chi connectivity index (χ1n) is 7.96. The van der Waals surface area contributed by atoms with Gasteiger partial charge in [-0.2, -0.15) is 5.10 Å². The second-order valence-corrected chi connectivity index (χ2v) is 5.77. The fourth-order valence-corrected chi connectivity index (χ4v) is 2.70. The van der Waals surface area contributed by atoms with Crippen LogP contribution in [0.5, 0.6) is 0 Å². The Balaban J connectivity index is 1.83. The molecule has 0 saturated heterocycles. The number of fused-ring (bicyclic) bond motifs is 1. The highest BCUT2D eigenvalue weighted by molar-refractivity contribution is 5.91. The van der Waals surface area contributed by atoms with Crippen LogP contribution in [0.25, 0.3) is 10.9 Å². The topological polar surface area (TPSA) is 63.0 Å². The number of aryl methyl sites for hydroxylation is 2. The molecule has 0 fully saturated rings. The van der Waals surface area contributed by atoms with Gasteiger partial charge in [-0.1, -0.05) is 31.5 Å². The first-order chi connectivity index (χ1) is 11.2. The summed E-state index contributed by atoms with van der Waals surface area (Å²) in [5.74, 6) is 0. The third kappa shape index (κ3) is 3.51. The van der Waals surface area contributed by atoms with Gasteiger partial charge in [-0.3, -0.25) is 9.67 Å². The predicted molar refractivity (Wildman–Crippen MR) is 92.4 cm³/mol. The molecule has 3 aromatic rings. The van der Waals surface area contributed by atoms with Crippen molar-refractivity contribution in [3.8, 4) is 0 Å². The van der Waals surface area contributed by atoms with Gasteiger partial charge in [0.25, 0.3) is 0 Å². The Hall–Kier alpha value is -2.40. The lowest BCUT2D eigenvalue weighted by atomic mass is 10.1. The Kier molecular flexibility index (Phi) is 4.57. The van der Waals surface area contributed by atoms with Gasteiger partial charge in [0.2, 0.25) is 0 Å². The highest BCUT2D eigenvalue weighted by Crippen LogP contribution is 2.24. The molecule has 1 unspecified atom stereocenters. The van der Waals surface area contributed by atoms with Crippen molar-refractivity contribution < 1.29 is 5.11 Å². The molecule has 3 rings (SSSR count). The molecular weight excluding hydrogens is 288 g/mol. The quantitative estimate of drug-likeness (QED) is 0.734. The molecular formula is C18H22N4O. The smallest absolute Gasteiger partial charge is 0.0992 e. The summed E-state index contributed by atoms with van der Waals surface area (Å²) >= 11 is 0. The van der Waals surface area contributed by atoms with Gasteiger partial charge < -0.3 is 10.4 Å². The summed E-state index contributed by atoms with van der Waals surface area (Å²) < 4.78 is 1.69. The zero-order valence-electron chi connectivity index (χ0n) is 13.5. The zero-order chi connectivity index (χ0) is 16.2. The maximum atomic E-state index is 10.3. The Bertz CT molecular complexity index is 797. The number of hydrogen-bond donors (Lipinski definition) is 2. The Labute approximate surface area is 136 Å². The van der Waals surface area contributed by atoms with E-state index >= 15 is 0 Å². The van der Waals surface area contributed by atoms with Crippen molar-refractivity contribution in [2.45, 2.75) is 25.9 Å². The lowest BCUT2D eigenvalue weighted by Gasteiger charge is -2.14. The first-order valence-corrected chi connectivity index (χ1v) is 7.96. The van der Waals surface area contributed by atoms with E-state index in [1.165, 1.54) is 0 Å². The SMILES string of the molecule is CCCc1cc(NCC(O)c2cnn(C)c2)c2ccccc2n1. The summed E-state index contributed by atoms with van der Waals surface area (Å²) in [6.45, 7) is 2.58. The third-order valence-electron chi connectivity index (χ3n) is 3.87. The number of rotatable bonds is 6. The van der Waals surface area contributed by atoms with E-state index in [9.17, 15) is 5.11 Å². The van der Waals surface area contributed by atoms with E-state index in [0.29, 0.717) is 6.54 Å². The molecule has 0 aliphatic rings. The number of nitrogens with one attached hydrogen (secondary N) is 1. The summed E-state index contributed by atoms with van der Waals surface area (Å²) in [6, 6.07) is 10.2. The molecule has 2 N–H and O–H groups in total. The minimum absolute atomic E-state index is 0.436. The van der Waals surface area contributed by atoms with E-state index in [0.717, 1.165) is 40.7 Å². The van der Waals surface area contributed by atoms with Gasteiger partial charge in [0, 0.05) is 42.1 Å². The molecule has 0 saturated carbocycles. The monoisotopic (exact) mass is 310 g/mol. The molecule has 0 spiro atoms. The largest absolute Gasteiger partial charge is 0.386 e. The second-order valence-electron chi connectivity index (χ2n) is 5.77. The molecule has 0 amide bonds. The van der Waals surface area contributed by atoms with Crippen molar-refractivity contribution in [3.63, 3.8) is 0 Å². The summed E-state index contributed by atoms with van der Waals surface area (Å²) in [4.78, 5) is 4.70. The summed E-state index contributed by atoms with van der Waals surface area (Å²) in [5.41, 5.74) is 3.88. The Morgan fingerprint density at radius 2 is 2.13 bits per heavy atom. The molecule has 5 nitrogen and oxygen atoms in total. The molecule has 2 aromatic heterocycles. The van der Waals surface area contributed by atoms with E-state index < -0.39 is 6.10 Å². The van der Waals surface area contributed by atoms with Gasteiger partial charge in [-0.15, -0.1) is 0 Å². The van der Waals surface area contributed by atoms with Crippen LogP contribution in [-0.4, -0.2) is 26.4 Å². The van der Waals surface area contributed by atoms with Gasteiger partial charge in [-0.05, 0) is 18.6 Å². The summed E-state index contributed by atoms with van der Waals surface area (Å²) in [5, 5.41) is 18.9. The van der Waals surface area contributed by atoms with Crippen LogP contribution in [0.1, 0.15) is 30.7 Å². The van der Waals surface area contributed by atoms with Gasteiger partial charge in [0.1, 0.15) is 0 Å². The molecule has 1 atom stereocenters. The van der Waals surface area contributed by atoms with Gasteiger partial charge >= 0.3 is 0 Å². The van der Waals surface area contributed by atoms with Crippen LogP contribution in [0.3, 0.4) is 0 Å². The minimum atomic E-state index is -0.592. The number of pyridine rings is 1. The molecule has 0 radical (unpaired) electrons. The second kappa shape index (κ2) is 6.79. The highest BCUT2D eigenvalue weighted by Gasteiger charge is 2.11. The van der Waals surface area contributed by atoms with E-state index in [-0.39, 0.29) is 0 Å². The number of para-hydroxylation sites is 1. The number of hydrogen-bond acceptors (Lipinski definition) is 4. The van der Waals surface area contributed by atoms with Gasteiger partial charge in [0.15, 0.2) is 0 Å². The number of aliphatic hydroxyl groups is 1. The van der Waals surface area contributed by atoms with E-state index in [1.54, 1.807) is 10.9 Å². The number of benzene rings is 1. The predicted octanol–water partition coefficient (Wildman–Crippen LogP) is 3.07. The number of nitrogens with zero attached hydrogens (tertiary/aromatic N) is 3.